The van der Waals surface area contributed by atoms with Crippen LogP contribution in [0.1, 0.15) is 29.0 Å². The fraction of sp³-hybridized carbons (Fsp3) is 0.250. The van der Waals surface area contributed by atoms with Crippen LogP contribution >= 0.6 is 0 Å². The number of anilines is 1. The van der Waals surface area contributed by atoms with Gasteiger partial charge >= 0.3 is 0 Å². The Balaban J connectivity index is 1.31. The van der Waals surface area contributed by atoms with Gasteiger partial charge in [-0.15, -0.1) is 0 Å². The summed E-state index contributed by atoms with van der Waals surface area (Å²) in [6.07, 6.45) is 5.06. The lowest BCUT2D eigenvalue weighted by atomic mass is 9.98. The van der Waals surface area contributed by atoms with Gasteiger partial charge in [-0.2, -0.15) is 0 Å². The van der Waals surface area contributed by atoms with Gasteiger partial charge in [-0.05, 0) is 55.2 Å². The number of H-pyrrole nitrogens is 1. The molecule has 1 aliphatic heterocycles. The lowest BCUT2D eigenvalue weighted by Gasteiger charge is -2.32. The Kier molecular flexibility index (Phi) is 5.51. The SMILES string of the molecule is O=C(c1ccc(Oc2nccnc2N2CCC(CO)CC2)cc1)c1nc2ccccc2[nH]1. The number of benzene rings is 2. The molecule has 0 atom stereocenters. The number of rotatable bonds is 6. The summed E-state index contributed by atoms with van der Waals surface area (Å²) in [6, 6.07) is 14.5. The summed E-state index contributed by atoms with van der Waals surface area (Å²) in [5, 5.41) is 9.37. The van der Waals surface area contributed by atoms with E-state index in [1.54, 1.807) is 36.7 Å². The quantitative estimate of drug-likeness (QED) is 0.451. The molecule has 1 fully saturated rings. The van der Waals surface area contributed by atoms with E-state index >= 15 is 0 Å². The van der Waals surface area contributed by atoms with Crippen LogP contribution in [0.3, 0.4) is 0 Å². The predicted octanol–water partition coefficient (Wildman–Crippen LogP) is 3.58. The van der Waals surface area contributed by atoms with Gasteiger partial charge in [0, 0.05) is 37.7 Å². The van der Waals surface area contributed by atoms with Crippen molar-refractivity contribution in [2.45, 2.75) is 12.8 Å². The Morgan fingerprint density at radius 1 is 1.06 bits per heavy atom. The Labute approximate surface area is 184 Å². The highest BCUT2D eigenvalue weighted by Crippen LogP contribution is 2.31. The zero-order chi connectivity index (χ0) is 21.9. The van der Waals surface area contributed by atoms with E-state index in [1.807, 2.05) is 24.3 Å². The largest absolute Gasteiger partial charge is 0.436 e. The minimum Gasteiger partial charge on any atom is -0.436 e. The first-order chi connectivity index (χ1) is 15.7. The van der Waals surface area contributed by atoms with E-state index in [2.05, 4.69) is 24.8 Å². The van der Waals surface area contributed by atoms with E-state index in [4.69, 9.17) is 4.74 Å². The molecule has 162 valence electrons. The van der Waals surface area contributed by atoms with Crippen LogP contribution < -0.4 is 9.64 Å². The summed E-state index contributed by atoms with van der Waals surface area (Å²) < 4.78 is 6.00. The molecule has 0 spiro atoms. The molecular weight excluding hydrogens is 406 g/mol. The van der Waals surface area contributed by atoms with Crippen molar-refractivity contribution in [1.29, 1.82) is 0 Å². The number of aliphatic hydroxyl groups is 1. The smallest absolute Gasteiger partial charge is 0.263 e. The molecule has 1 aliphatic rings. The molecule has 1 saturated heterocycles. The first-order valence-electron chi connectivity index (χ1n) is 10.7. The molecule has 32 heavy (non-hydrogen) atoms. The van der Waals surface area contributed by atoms with E-state index in [9.17, 15) is 9.90 Å². The third kappa shape index (κ3) is 4.04. The number of aromatic amines is 1. The van der Waals surface area contributed by atoms with Gasteiger partial charge in [-0.1, -0.05) is 12.1 Å². The molecule has 0 unspecified atom stereocenters. The third-order valence-electron chi connectivity index (χ3n) is 5.75. The maximum absolute atomic E-state index is 12.8. The van der Waals surface area contributed by atoms with Crippen molar-refractivity contribution in [3.63, 3.8) is 0 Å². The average molecular weight is 429 g/mol. The number of ether oxygens (including phenoxy) is 1. The first-order valence-corrected chi connectivity index (χ1v) is 10.7. The highest BCUT2D eigenvalue weighted by molar-refractivity contribution is 6.08. The zero-order valence-electron chi connectivity index (χ0n) is 17.4. The van der Waals surface area contributed by atoms with Crippen molar-refractivity contribution in [3.05, 3.63) is 72.3 Å². The van der Waals surface area contributed by atoms with Gasteiger partial charge < -0.3 is 19.7 Å². The number of piperidine rings is 1. The van der Waals surface area contributed by atoms with Gasteiger partial charge in [0.1, 0.15) is 5.75 Å². The maximum atomic E-state index is 12.8. The first kappa shape index (κ1) is 20.1. The van der Waals surface area contributed by atoms with Crippen LogP contribution in [0.2, 0.25) is 0 Å². The number of carbonyl (C=O) groups excluding carboxylic acids is 1. The van der Waals surface area contributed by atoms with Gasteiger partial charge in [-0.25, -0.2) is 15.0 Å². The third-order valence-corrected chi connectivity index (χ3v) is 5.75. The molecule has 2 N–H and O–H groups in total. The summed E-state index contributed by atoms with van der Waals surface area (Å²) in [4.78, 5) is 31.2. The number of para-hydroxylation sites is 2. The van der Waals surface area contributed by atoms with E-state index in [0.29, 0.717) is 34.8 Å². The molecule has 0 amide bonds. The van der Waals surface area contributed by atoms with Crippen molar-refractivity contribution in [1.82, 2.24) is 19.9 Å². The second-order valence-corrected chi connectivity index (χ2v) is 7.86. The number of imidazole rings is 1. The summed E-state index contributed by atoms with van der Waals surface area (Å²) in [6.45, 7) is 1.81. The second kappa shape index (κ2) is 8.76. The van der Waals surface area contributed by atoms with Crippen molar-refractivity contribution in [3.8, 4) is 11.6 Å². The Hall–Kier alpha value is -3.78. The molecule has 0 aliphatic carbocycles. The van der Waals surface area contributed by atoms with Gasteiger partial charge in [0.25, 0.3) is 5.88 Å². The topological polar surface area (TPSA) is 104 Å². The summed E-state index contributed by atoms with van der Waals surface area (Å²) >= 11 is 0. The Morgan fingerprint density at radius 2 is 1.81 bits per heavy atom. The minimum absolute atomic E-state index is 0.181. The number of aliphatic hydroxyl groups excluding tert-OH is 1. The number of fused-ring (bicyclic) bond motifs is 1. The summed E-state index contributed by atoms with van der Waals surface area (Å²) in [7, 11) is 0. The average Bonchev–Trinajstić information content (AvgIpc) is 3.29. The van der Waals surface area contributed by atoms with Crippen LogP contribution in [0.15, 0.2) is 60.9 Å². The van der Waals surface area contributed by atoms with Crippen LogP contribution in [0.5, 0.6) is 11.6 Å². The molecule has 4 aromatic rings. The molecule has 2 aromatic heterocycles. The molecule has 5 rings (SSSR count). The number of aromatic nitrogens is 4. The molecule has 0 radical (unpaired) electrons. The van der Waals surface area contributed by atoms with Crippen molar-refractivity contribution in [2.24, 2.45) is 5.92 Å². The second-order valence-electron chi connectivity index (χ2n) is 7.86. The van der Waals surface area contributed by atoms with Crippen LogP contribution in [0.4, 0.5) is 5.82 Å². The fourth-order valence-electron chi connectivity index (χ4n) is 3.92. The highest BCUT2D eigenvalue weighted by atomic mass is 16.5. The standard InChI is InChI=1S/C24H23N5O3/c30-15-16-9-13-29(14-10-16)23-24(26-12-11-25-23)32-18-7-5-17(6-8-18)21(31)22-27-19-3-1-2-4-20(19)28-22/h1-8,11-12,16,30H,9-10,13-15H2,(H,27,28). The van der Waals surface area contributed by atoms with E-state index < -0.39 is 0 Å². The monoisotopic (exact) mass is 429 g/mol. The minimum atomic E-state index is -0.181. The number of ketones is 1. The van der Waals surface area contributed by atoms with Crippen LogP contribution in [0, 0.1) is 5.92 Å². The number of nitrogens with zero attached hydrogens (tertiary/aromatic N) is 4. The molecule has 0 bridgehead atoms. The number of carbonyl (C=O) groups is 1. The molecule has 0 saturated carbocycles. The molecule has 8 heteroatoms. The Bertz CT molecular complexity index is 1200. The summed E-state index contributed by atoms with van der Waals surface area (Å²) in [5.41, 5.74) is 2.10. The zero-order valence-corrected chi connectivity index (χ0v) is 17.4. The number of hydrogen-bond acceptors (Lipinski definition) is 7. The van der Waals surface area contributed by atoms with Crippen LogP contribution in [-0.2, 0) is 0 Å². The number of nitrogens with one attached hydrogen (secondary N) is 1. The molecule has 3 heterocycles. The van der Waals surface area contributed by atoms with Crippen LogP contribution in [-0.4, -0.2) is 50.5 Å². The van der Waals surface area contributed by atoms with Crippen molar-refractivity contribution < 1.29 is 14.6 Å². The molecule has 2 aromatic carbocycles. The van der Waals surface area contributed by atoms with E-state index in [-0.39, 0.29) is 12.4 Å². The maximum Gasteiger partial charge on any atom is 0.263 e. The van der Waals surface area contributed by atoms with E-state index in [0.717, 1.165) is 37.0 Å². The predicted molar refractivity (Wildman–Crippen MR) is 120 cm³/mol. The molecular formula is C24H23N5O3. The van der Waals surface area contributed by atoms with Gasteiger partial charge in [0.05, 0.1) is 11.0 Å². The highest BCUT2D eigenvalue weighted by Gasteiger charge is 2.23. The van der Waals surface area contributed by atoms with Crippen LogP contribution in [0.25, 0.3) is 11.0 Å². The summed E-state index contributed by atoms with van der Waals surface area (Å²) in [5.74, 6) is 2.14. The van der Waals surface area contributed by atoms with E-state index in [1.165, 1.54) is 0 Å². The lowest BCUT2D eigenvalue weighted by Crippen LogP contribution is -2.35. The Morgan fingerprint density at radius 3 is 2.56 bits per heavy atom. The number of hydrogen-bond donors (Lipinski definition) is 2. The lowest BCUT2D eigenvalue weighted by molar-refractivity contribution is 0.103. The van der Waals surface area contributed by atoms with Gasteiger partial charge in [0.2, 0.25) is 5.78 Å². The molecule has 8 nitrogen and oxygen atoms in total. The van der Waals surface area contributed by atoms with Crippen molar-refractivity contribution in [2.75, 3.05) is 24.6 Å². The normalized spacial score (nSPS) is 14.6. The van der Waals surface area contributed by atoms with Gasteiger partial charge in [-0.3, -0.25) is 4.79 Å². The van der Waals surface area contributed by atoms with Gasteiger partial charge in [0.15, 0.2) is 11.6 Å². The van der Waals surface area contributed by atoms with Crippen molar-refractivity contribution >= 4 is 22.6 Å². The fourth-order valence-corrected chi connectivity index (χ4v) is 3.92.